The maximum Gasteiger partial charge on any atom is 0.349 e. The van der Waals surface area contributed by atoms with Gasteiger partial charge in [-0.25, -0.2) is 14.8 Å². The lowest BCUT2D eigenvalue weighted by atomic mass is 10.2. The fraction of sp³-hybridized carbons (Fsp3) is 0. The van der Waals surface area contributed by atoms with Gasteiger partial charge in [-0.1, -0.05) is 24.4 Å². The Hall–Kier alpha value is -2.94. The van der Waals surface area contributed by atoms with Gasteiger partial charge in [0.05, 0.1) is 10.9 Å². The first-order chi connectivity index (χ1) is 10.1. The van der Waals surface area contributed by atoms with E-state index in [0.29, 0.717) is 10.9 Å². The lowest BCUT2D eigenvalue weighted by Gasteiger charge is -2.06. The largest absolute Gasteiger partial charge is 0.349 e. The van der Waals surface area contributed by atoms with Crippen molar-refractivity contribution in [2.24, 2.45) is 0 Å². The molecule has 0 aliphatic carbocycles. The summed E-state index contributed by atoms with van der Waals surface area (Å²) >= 11 is 5.14. The van der Waals surface area contributed by atoms with Crippen molar-refractivity contribution in [1.82, 2.24) is 24.9 Å². The number of rotatable bonds is 2. The topological polar surface area (TPSA) is 116 Å². The molecule has 0 atom stereocenters. The molecular formula is C12H8N6O2S. The van der Waals surface area contributed by atoms with Crippen LogP contribution in [0.3, 0.4) is 0 Å². The molecular weight excluding hydrogens is 292 g/mol. The van der Waals surface area contributed by atoms with Gasteiger partial charge in [-0.15, -0.1) is 0 Å². The number of aromatic nitrogens is 5. The zero-order chi connectivity index (χ0) is 14.8. The van der Waals surface area contributed by atoms with Crippen LogP contribution in [-0.4, -0.2) is 29.9 Å². The quantitative estimate of drug-likeness (QED) is 0.578. The van der Waals surface area contributed by atoms with Crippen molar-refractivity contribution < 1.29 is 0 Å². The second-order valence-electron chi connectivity index (χ2n) is 4.04. The van der Waals surface area contributed by atoms with E-state index < -0.39 is 5.69 Å². The van der Waals surface area contributed by atoms with E-state index in [2.05, 4.69) is 30.2 Å². The second-order valence-corrected chi connectivity index (χ2v) is 4.45. The van der Waals surface area contributed by atoms with Crippen molar-refractivity contribution in [3.05, 3.63) is 57.3 Å². The number of anilines is 1. The minimum absolute atomic E-state index is 0.121. The van der Waals surface area contributed by atoms with E-state index in [1.165, 1.54) is 0 Å². The molecule has 21 heavy (non-hydrogen) atoms. The maximum absolute atomic E-state index is 11.9. The molecule has 104 valence electrons. The molecule has 0 amide bonds. The van der Waals surface area contributed by atoms with Crippen molar-refractivity contribution in [1.29, 1.82) is 0 Å². The van der Waals surface area contributed by atoms with Crippen LogP contribution in [0.4, 0.5) is 5.95 Å². The van der Waals surface area contributed by atoms with Crippen LogP contribution in [0, 0.1) is 0 Å². The number of H-pyrrole nitrogens is 2. The molecule has 0 radical (unpaired) electrons. The molecule has 2 aromatic heterocycles. The average molecular weight is 300 g/mol. The number of benzene rings is 1. The highest BCUT2D eigenvalue weighted by atomic mass is 32.1. The third kappa shape index (κ3) is 2.67. The molecule has 8 nitrogen and oxygen atoms in total. The summed E-state index contributed by atoms with van der Waals surface area (Å²) in [5, 5.41) is 3.15. The fourth-order valence-corrected chi connectivity index (χ4v) is 1.92. The number of hydrogen-bond acceptors (Lipinski definition) is 6. The van der Waals surface area contributed by atoms with Gasteiger partial charge in [-0.3, -0.25) is 9.78 Å². The minimum atomic E-state index is -0.560. The maximum atomic E-state index is 11.9. The van der Waals surface area contributed by atoms with Gasteiger partial charge in [0.15, 0.2) is 5.82 Å². The van der Waals surface area contributed by atoms with Crippen LogP contribution in [0.1, 0.15) is 5.82 Å². The standard InChI is InChI=1S/C12H8N6O2S/c19-9-6-3-1-2-4-7(6)15-8(16-9)10(21)17-11-13-5-14-12(20)18-11/h1-5H,(H,15,16,19)(H2,13,14,17,18,20,21). The van der Waals surface area contributed by atoms with Gasteiger partial charge in [-0.05, 0) is 12.1 Å². The normalized spacial score (nSPS) is 10.5. The number of para-hydroxylation sites is 1. The first-order valence-electron chi connectivity index (χ1n) is 5.85. The Morgan fingerprint density at radius 3 is 2.76 bits per heavy atom. The smallest absolute Gasteiger partial charge is 0.314 e. The van der Waals surface area contributed by atoms with E-state index in [1.54, 1.807) is 24.3 Å². The number of aromatic amines is 2. The highest BCUT2D eigenvalue weighted by Crippen LogP contribution is 2.06. The molecule has 3 aromatic rings. The third-order valence-electron chi connectivity index (χ3n) is 2.65. The molecule has 2 heterocycles. The molecule has 0 unspecified atom stereocenters. The van der Waals surface area contributed by atoms with Crippen molar-refractivity contribution in [3.8, 4) is 0 Å². The van der Waals surface area contributed by atoms with Gasteiger partial charge in [0.2, 0.25) is 5.95 Å². The molecule has 9 heteroatoms. The van der Waals surface area contributed by atoms with Gasteiger partial charge in [0.1, 0.15) is 11.3 Å². The average Bonchev–Trinajstić information content (AvgIpc) is 2.47. The molecule has 0 spiro atoms. The van der Waals surface area contributed by atoms with Gasteiger partial charge >= 0.3 is 5.69 Å². The Balaban J connectivity index is 1.98. The molecule has 1 aromatic carbocycles. The lowest BCUT2D eigenvalue weighted by molar-refractivity contribution is 0.995. The summed E-state index contributed by atoms with van der Waals surface area (Å²) in [6.07, 6.45) is 1.10. The number of nitrogens with zero attached hydrogens (tertiary/aromatic N) is 3. The molecule has 0 saturated carbocycles. The minimum Gasteiger partial charge on any atom is -0.314 e. The molecule has 0 saturated heterocycles. The van der Waals surface area contributed by atoms with Crippen LogP contribution >= 0.6 is 12.2 Å². The van der Waals surface area contributed by atoms with Gasteiger partial charge in [0, 0.05) is 0 Å². The Labute approximate surface area is 122 Å². The van der Waals surface area contributed by atoms with E-state index in [4.69, 9.17) is 12.2 Å². The van der Waals surface area contributed by atoms with Crippen LogP contribution in [0.15, 0.2) is 40.2 Å². The van der Waals surface area contributed by atoms with Crippen molar-refractivity contribution in [2.45, 2.75) is 0 Å². The van der Waals surface area contributed by atoms with Crippen molar-refractivity contribution >= 4 is 34.1 Å². The lowest BCUT2D eigenvalue weighted by Crippen LogP contribution is -2.23. The second kappa shape index (κ2) is 5.21. The zero-order valence-electron chi connectivity index (χ0n) is 10.5. The van der Waals surface area contributed by atoms with Gasteiger partial charge in [-0.2, -0.15) is 4.98 Å². The SMILES string of the molecule is O=c1ncnc(NC(=S)c2nc3ccccc3c(=O)[nH]2)[nH]1. The summed E-state index contributed by atoms with van der Waals surface area (Å²) in [6, 6.07) is 6.91. The van der Waals surface area contributed by atoms with Gasteiger partial charge < -0.3 is 10.3 Å². The summed E-state index contributed by atoms with van der Waals surface area (Å²) in [6.45, 7) is 0. The van der Waals surface area contributed by atoms with Crippen LogP contribution in [0.2, 0.25) is 0 Å². The summed E-state index contributed by atoms with van der Waals surface area (Å²) in [5.41, 5.74) is -0.331. The molecule has 0 aliphatic rings. The van der Waals surface area contributed by atoms with Crippen LogP contribution in [0.5, 0.6) is 0 Å². The van der Waals surface area contributed by atoms with E-state index in [9.17, 15) is 9.59 Å². The van der Waals surface area contributed by atoms with Crippen LogP contribution in [-0.2, 0) is 0 Å². The summed E-state index contributed by atoms with van der Waals surface area (Å²) in [5.74, 6) is 0.309. The molecule has 3 N–H and O–H groups in total. The number of hydrogen-bond donors (Lipinski definition) is 3. The Morgan fingerprint density at radius 1 is 1.14 bits per heavy atom. The Morgan fingerprint density at radius 2 is 1.95 bits per heavy atom. The Kier molecular flexibility index (Phi) is 3.24. The van der Waals surface area contributed by atoms with Crippen molar-refractivity contribution in [2.75, 3.05) is 5.32 Å². The summed E-state index contributed by atoms with van der Waals surface area (Å²) in [7, 11) is 0. The van der Waals surface area contributed by atoms with E-state index in [0.717, 1.165) is 6.33 Å². The molecule has 0 bridgehead atoms. The predicted octanol–water partition coefficient (Wildman–Crippen LogP) is 0.189. The van der Waals surface area contributed by atoms with Gasteiger partial charge in [0.25, 0.3) is 5.56 Å². The van der Waals surface area contributed by atoms with Crippen LogP contribution < -0.4 is 16.6 Å². The predicted molar refractivity (Wildman–Crippen MR) is 80.3 cm³/mol. The summed E-state index contributed by atoms with van der Waals surface area (Å²) in [4.78, 5) is 39.6. The highest BCUT2D eigenvalue weighted by molar-refractivity contribution is 7.81. The first kappa shape index (κ1) is 13.1. The third-order valence-corrected chi connectivity index (χ3v) is 2.94. The van der Waals surface area contributed by atoms with E-state index >= 15 is 0 Å². The fourth-order valence-electron chi connectivity index (χ4n) is 1.73. The zero-order valence-corrected chi connectivity index (χ0v) is 11.3. The Bertz CT molecular complexity index is 948. The monoisotopic (exact) mass is 300 g/mol. The number of thiocarbonyl (C=S) groups is 1. The summed E-state index contributed by atoms with van der Waals surface area (Å²) < 4.78 is 0. The van der Waals surface area contributed by atoms with Crippen molar-refractivity contribution in [3.63, 3.8) is 0 Å². The number of fused-ring (bicyclic) bond motifs is 1. The van der Waals surface area contributed by atoms with E-state index in [1.807, 2.05) is 0 Å². The van der Waals surface area contributed by atoms with Crippen LogP contribution in [0.25, 0.3) is 10.9 Å². The molecule has 3 rings (SSSR count). The first-order valence-corrected chi connectivity index (χ1v) is 6.26. The number of nitrogens with one attached hydrogen (secondary N) is 3. The van der Waals surface area contributed by atoms with E-state index in [-0.39, 0.29) is 22.3 Å². The highest BCUT2D eigenvalue weighted by Gasteiger charge is 2.09. The molecule has 0 aliphatic heterocycles. The molecule has 0 fully saturated rings.